The number of amides is 1. The van der Waals surface area contributed by atoms with Gasteiger partial charge < -0.3 is 16.6 Å². The number of primary amides is 1. The third kappa shape index (κ3) is 6.70. The number of rotatable bonds is 10. The summed E-state index contributed by atoms with van der Waals surface area (Å²) in [6.45, 7) is 0.399. The van der Waals surface area contributed by atoms with E-state index in [1.165, 1.54) is 0 Å². The van der Waals surface area contributed by atoms with Crippen molar-refractivity contribution in [3.05, 3.63) is 0 Å². The predicted octanol–water partition coefficient (Wildman–Crippen LogP) is 1.75. The molecule has 0 bridgehead atoms. The number of hydrogen-bond donors (Lipinski definition) is 3. The first-order valence-electron chi connectivity index (χ1n) is 5.89. The van der Waals surface area contributed by atoms with E-state index >= 15 is 0 Å². The van der Waals surface area contributed by atoms with Gasteiger partial charge in [-0.15, -0.1) is 0 Å². The van der Waals surface area contributed by atoms with Crippen molar-refractivity contribution in [3.8, 4) is 0 Å². The van der Waals surface area contributed by atoms with E-state index in [9.17, 15) is 9.59 Å². The SMILES string of the molecule is NCCC(Br)(CCCCCC(Br)C(=O)O)C(N)=O. The largest absolute Gasteiger partial charge is 0.480 e. The summed E-state index contributed by atoms with van der Waals surface area (Å²) < 4.78 is -0.720. The van der Waals surface area contributed by atoms with E-state index in [0.717, 1.165) is 19.3 Å². The third-order valence-electron chi connectivity index (χ3n) is 2.78. The number of carboxylic acid groups (broad SMARTS) is 1. The normalized spacial score (nSPS) is 15.9. The molecule has 0 rings (SSSR count). The minimum atomic E-state index is -0.842. The first-order chi connectivity index (χ1) is 8.33. The standard InChI is InChI=1S/C11H20Br2N2O3/c12-8(9(16)17)4-2-1-3-5-11(13,6-7-14)10(15)18/h8H,1-7,14H2,(H2,15,18)(H,16,17). The number of alkyl halides is 2. The number of nitrogens with two attached hydrogens (primary N) is 2. The van der Waals surface area contributed by atoms with E-state index in [0.29, 0.717) is 25.8 Å². The van der Waals surface area contributed by atoms with Gasteiger partial charge in [0.15, 0.2) is 0 Å². The number of halogens is 2. The molecule has 1 amide bonds. The van der Waals surface area contributed by atoms with Crippen LogP contribution in [0.25, 0.3) is 0 Å². The van der Waals surface area contributed by atoms with E-state index < -0.39 is 21.0 Å². The van der Waals surface area contributed by atoms with Crippen LogP contribution >= 0.6 is 31.9 Å². The Labute approximate surface area is 124 Å². The smallest absolute Gasteiger partial charge is 0.317 e. The van der Waals surface area contributed by atoms with Crippen LogP contribution in [0.4, 0.5) is 0 Å². The van der Waals surface area contributed by atoms with E-state index in [1.54, 1.807) is 0 Å². The second kappa shape index (κ2) is 8.87. The van der Waals surface area contributed by atoms with Gasteiger partial charge in [-0.3, -0.25) is 9.59 Å². The van der Waals surface area contributed by atoms with E-state index in [4.69, 9.17) is 16.6 Å². The zero-order valence-corrected chi connectivity index (χ0v) is 13.4. The van der Waals surface area contributed by atoms with Crippen molar-refractivity contribution in [2.75, 3.05) is 6.54 Å². The summed E-state index contributed by atoms with van der Waals surface area (Å²) in [7, 11) is 0. The maximum atomic E-state index is 11.3. The molecule has 0 fully saturated rings. The van der Waals surface area contributed by atoms with E-state index in [1.807, 2.05) is 0 Å². The highest BCUT2D eigenvalue weighted by Gasteiger charge is 2.31. The van der Waals surface area contributed by atoms with Crippen LogP contribution in [0, 0.1) is 0 Å². The van der Waals surface area contributed by atoms with E-state index in [2.05, 4.69) is 31.9 Å². The van der Waals surface area contributed by atoms with Crippen molar-refractivity contribution >= 4 is 43.7 Å². The molecular formula is C11H20Br2N2O3. The summed E-state index contributed by atoms with van der Waals surface area (Å²) in [5.74, 6) is -1.23. The van der Waals surface area contributed by atoms with Gasteiger partial charge in [-0.25, -0.2) is 0 Å². The number of unbranched alkanes of at least 4 members (excludes halogenated alkanes) is 2. The Morgan fingerprint density at radius 1 is 1.22 bits per heavy atom. The third-order valence-corrected chi connectivity index (χ3v) is 4.81. The van der Waals surface area contributed by atoms with Gasteiger partial charge in [-0.05, 0) is 25.8 Å². The zero-order chi connectivity index (χ0) is 14.2. The lowest BCUT2D eigenvalue weighted by Gasteiger charge is -2.23. The van der Waals surface area contributed by atoms with Gasteiger partial charge >= 0.3 is 5.97 Å². The maximum absolute atomic E-state index is 11.3. The molecule has 2 unspecified atom stereocenters. The summed E-state index contributed by atoms with van der Waals surface area (Å²) in [4.78, 5) is 21.4. The molecule has 5 N–H and O–H groups in total. The minimum absolute atomic E-state index is 0.392. The molecule has 0 aliphatic heterocycles. The Kier molecular flexibility index (Phi) is 8.81. The molecular weight excluding hydrogens is 368 g/mol. The second-order valence-corrected chi connectivity index (χ2v) is 6.90. The van der Waals surface area contributed by atoms with Crippen LogP contribution in [0.3, 0.4) is 0 Å². The molecule has 0 aromatic heterocycles. The Hall–Kier alpha value is -0.140. The predicted molar refractivity (Wildman–Crippen MR) is 78.0 cm³/mol. The number of carbonyl (C=O) groups excluding carboxylic acids is 1. The first kappa shape index (κ1) is 17.9. The highest BCUT2D eigenvalue weighted by Crippen LogP contribution is 2.28. The molecule has 18 heavy (non-hydrogen) atoms. The molecule has 0 aliphatic rings. The van der Waals surface area contributed by atoms with Gasteiger partial charge in [-0.2, -0.15) is 0 Å². The van der Waals surface area contributed by atoms with Crippen LogP contribution in [0.5, 0.6) is 0 Å². The zero-order valence-electron chi connectivity index (χ0n) is 10.2. The summed E-state index contributed by atoms with van der Waals surface area (Å²) in [5.41, 5.74) is 10.8. The van der Waals surface area contributed by atoms with Crippen LogP contribution in [0.1, 0.15) is 38.5 Å². The molecule has 0 aromatic rings. The average Bonchev–Trinajstić information content (AvgIpc) is 2.28. The minimum Gasteiger partial charge on any atom is -0.480 e. The van der Waals surface area contributed by atoms with Crippen molar-refractivity contribution in [2.24, 2.45) is 11.5 Å². The van der Waals surface area contributed by atoms with Crippen molar-refractivity contribution < 1.29 is 14.7 Å². The number of aliphatic carboxylic acids is 1. The topological polar surface area (TPSA) is 106 Å². The molecule has 106 valence electrons. The van der Waals surface area contributed by atoms with Crippen molar-refractivity contribution in [1.82, 2.24) is 0 Å². The summed E-state index contributed by atoms with van der Waals surface area (Å²) in [6.07, 6.45) is 4.19. The lowest BCUT2D eigenvalue weighted by atomic mass is 9.96. The summed E-state index contributed by atoms with van der Waals surface area (Å²) in [5, 5.41) is 8.68. The summed E-state index contributed by atoms with van der Waals surface area (Å²) in [6, 6.07) is 0. The van der Waals surface area contributed by atoms with Gasteiger partial charge in [0, 0.05) is 0 Å². The Morgan fingerprint density at radius 2 is 1.83 bits per heavy atom. The maximum Gasteiger partial charge on any atom is 0.317 e. The first-order valence-corrected chi connectivity index (χ1v) is 7.60. The lowest BCUT2D eigenvalue weighted by Crippen LogP contribution is -2.39. The molecule has 2 atom stereocenters. The fourth-order valence-corrected chi connectivity index (χ4v) is 2.46. The van der Waals surface area contributed by atoms with E-state index in [-0.39, 0.29) is 0 Å². The number of carbonyl (C=O) groups is 2. The van der Waals surface area contributed by atoms with Crippen LogP contribution in [-0.4, -0.2) is 32.7 Å². The molecule has 0 spiro atoms. The molecule has 0 saturated heterocycles. The quantitative estimate of drug-likeness (QED) is 0.392. The molecule has 5 nitrogen and oxygen atoms in total. The van der Waals surface area contributed by atoms with Gasteiger partial charge in [0.2, 0.25) is 5.91 Å². The molecule has 0 aromatic carbocycles. The fourth-order valence-electron chi connectivity index (χ4n) is 1.63. The Bertz CT molecular complexity index is 289. The monoisotopic (exact) mass is 386 g/mol. The van der Waals surface area contributed by atoms with Crippen molar-refractivity contribution in [2.45, 2.75) is 47.7 Å². The Balaban J connectivity index is 3.88. The molecule has 0 saturated carbocycles. The second-order valence-electron chi connectivity index (χ2n) is 4.27. The molecule has 0 radical (unpaired) electrons. The van der Waals surface area contributed by atoms with Crippen molar-refractivity contribution in [3.63, 3.8) is 0 Å². The highest BCUT2D eigenvalue weighted by atomic mass is 79.9. The number of carboxylic acids is 1. The van der Waals surface area contributed by atoms with Crippen LogP contribution in [-0.2, 0) is 9.59 Å². The summed E-state index contributed by atoms with van der Waals surface area (Å²) >= 11 is 6.44. The average molecular weight is 388 g/mol. The molecule has 7 heteroatoms. The van der Waals surface area contributed by atoms with Gasteiger partial charge in [0.25, 0.3) is 0 Å². The Morgan fingerprint density at radius 3 is 2.28 bits per heavy atom. The van der Waals surface area contributed by atoms with Crippen molar-refractivity contribution in [1.29, 1.82) is 0 Å². The van der Waals surface area contributed by atoms with Crippen LogP contribution in [0.2, 0.25) is 0 Å². The number of hydrogen-bond acceptors (Lipinski definition) is 3. The van der Waals surface area contributed by atoms with Gasteiger partial charge in [0.05, 0.1) is 0 Å². The molecule has 0 aliphatic carbocycles. The van der Waals surface area contributed by atoms with Gasteiger partial charge in [0.1, 0.15) is 9.15 Å². The van der Waals surface area contributed by atoms with Crippen LogP contribution < -0.4 is 11.5 Å². The lowest BCUT2D eigenvalue weighted by molar-refractivity contribution is -0.136. The van der Waals surface area contributed by atoms with Gasteiger partial charge in [-0.1, -0.05) is 51.1 Å². The highest BCUT2D eigenvalue weighted by molar-refractivity contribution is 9.10. The fraction of sp³-hybridized carbons (Fsp3) is 0.818. The van der Waals surface area contributed by atoms with Crippen LogP contribution in [0.15, 0.2) is 0 Å². The molecule has 0 heterocycles.